The van der Waals surface area contributed by atoms with E-state index in [4.69, 9.17) is 5.73 Å². The summed E-state index contributed by atoms with van der Waals surface area (Å²) in [6, 6.07) is 6.34. The Hall–Kier alpha value is -1.46. The van der Waals surface area contributed by atoms with Crippen LogP contribution < -0.4 is 11.1 Å². The number of benzene rings is 1. The number of rotatable bonds is 6. The van der Waals surface area contributed by atoms with Gasteiger partial charge in [0.05, 0.1) is 12.2 Å². The Kier molecular flexibility index (Phi) is 5.74. The van der Waals surface area contributed by atoms with Crippen molar-refractivity contribution in [3.05, 3.63) is 30.1 Å². The van der Waals surface area contributed by atoms with Crippen LogP contribution in [-0.4, -0.2) is 36.5 Å². The number of nitrogens with two attached hydrogens (primary N) is 1. The summed E-state index contributed by atoms with van der Waals surface area (Å²) in [4.78, 5) is 13.7. The second kappa shape index (κ2) is 7.08. The van der Waals surface area contributed by atoms with Gasteiger partial charge < -0.3 is 11.1 Å². The van der Waals surface area contributed by atoms with Gasteiger partial charge in [-0.3, -0.25) is 9.69 Å². The van der Waals surface area contributed by atoms with E-state index in [1.165, 1.54) is 12.1 Å². The van der Waals surface area contributed by atoms with Gasteiger partial charge in [-0.1, -0.05) is 12.1 Å². The van der Waals surface area contributed by atoms with Gasteiger partial charge in [0, 0.05) is 19.1 Å². The first-order valence-corrected chi connectivity index (χ1v) is 6.03. The first-order chi connectivity index (χ1) is 8.54. The minimum Gasteiger partial charge on any atom is -0.329 e. The van der Waals surface area contributed by atoms with E-state index in [1.54, 1.807) is 12.1 Å². The molecule has 0 aromatic heterocycles. The number of nitrogens with one attached hydrogen (secondary N) is 1. The molecule has 5 heteroatoms. The number of carbonyl (C=O) groups excluding carboxylic acids is 1. The molecule has 100 valence electrons. The van der Waals surface area contributed by atoms with Crippen LogP contribution in [0.2, 0.25) is 0 Å². The van der Waals surface area contributed by atoms with Crippen LogP contribution in [0, 0.1) is 5.82 Å². The minimum absolute atomic E-state index is 0.207. The molecule has 0 radical (unpaired) electrons. The topological polar surface area (TPSA) is 58.4 Å². The third kappa shape index (κ3) is 4.43. The van der Waals surface area contributed by atoms with Gasteiger partial charge in [-0.25, -0.2) is 4.39 Å². The third-order valence-corrected chi connectivity index (χ3v) is 2.64. The molecule has 1 aromatic carbocycles. The summed E-state index contributed by atoms with van der Waals surface area (Å²) in [5, 5.41) is 2.56. The molecule has 0 saturated carbocycles. The molecule has 0 fully saturated rings. The Morgan fingerprint density at radius 1 is 1.44 bits per heavy atom. The largest absolute Gasteiger partial charge is 0.329 e. The molecule has 1 amide bonds. The van der Waals surface area contributed by atoms with Crippen molar-refractivity contribution in [2.75, 3.05) is 25.0 Å². The first-order valence-electron chi connectivity index (χ1n) is 6.03. The molecular formula is C13H20FN3O. The van der Waals surface area contributed by atoms with Gasteiger partial charge in [0.15, 0.2) is 0 Å². The molecule has 1 aromatic rings. The second-order valence-electron chi connectivity index (χ2n) is 4.38. The van der Waals surface area contributed by atoms with Crippen molar-refractivity contribution in [1.82, 2.24) is 4.90 Å². The lowest BCUT2D eigenvalue weighted by atomic mass is 10.3. The summed E-state index contributed by atoms with van der Waals surface area (Å²) in [5.74, 6) is -0.664. The SMILES string of the molecule is CC(C)N(CCN)CC(=O)Nc1ccccc1F. The normalized spacial score (nSPS) is 11.0. The van der Waals surface area contributed by atoms with Crippen LogP contribution in [-0.2, 0) is 4.79 Å². The fourth-order valence-corrected chi connectivity index (χ4v) is 1.62. The second-order valence-corrected chi connectivity index (χ2v) is 4.38. The predicted octanol–water partition coefficient (Wildman–Crippen LogP) is 1.43. The predicted molar refractivity (Wildman–Crippen MR) is 70.8 cm³/mol. The summed E-state index contributed by atoms with van der Waals surface area (Å²) in [6.07, 6.45) is 0. The molecular weight excluding hydrogens is 233 g/mol. The molecule has 0 aliphatic heterocycles. The summed E-state index contributed by atoms with van der Waals surface area (Å²) in [7, 11) is 0. The molecule has 0 atom stereocenters. The average molecular weight is 253 g/mol. The molecule has 0 spiro atoms. The van der Waals surface area contributed by atoms with E-state index in [1.807, 2.05) is 18.7 Å². The molecule has 0 aliphatic carbocycles. The van der Waals surface area contributed by atoms with Crippen molar-refractivity contribution in [2.24, 2.45) is 5.73 Å². The van der Waals surface area contributed by atoms with E-state index in [-0.39, 0.29) is 24.2 Å². The highest BCUT2D eigenvalue weighted by atomic mass is 19.1. The number of amides is 1. The maximum absolute atomic E-state index is 13.3. The number of hydrogen-bond donors (Lipinski definition) is 2. The number of para-hydroxylation sites is 1. The van der Waals surface area contributed by atoms with E-state index in [0.717, 1.165) is 0 Å². The fraction of sp³-hybridized carbons (Fsp3) is 0.462. The van der Waals surface area contributed by atoms with Gasteiger partial charge >= 0.3 is 0 Å². The highest BCUT2D eigenvalue weighted by molar-refractivity contribution is 5.92. The van der Waals surface area contributed by atoms with Gasteiger partial charge in [0.25, 0.3) is 0 Å². The Morgan fingerprint density at radius 3 is 2.67 bits per heavy atom. The monoisotopic (exact) mass is 253 g/mol. The molecule has 0 saturated heterocycles. The van der Waals surface area contributed by atoms with Crippen LogP contribution >= 0.6 is 0 Å². The minimum atomic E-state index is -0.430. The maximum Gasteiger partial charge on any atom is 0.238 e. The fourth-order valence-electron chi connectivity index (χ4n) is 1.62. The van der Waals surface area contributed by atoms with E-state index in [0.29, 0.717) is 13.1 Å². The number of halogens is 1. The van der Waals surface area contributed by atoms with Crippen molar-refractivity contribution in [2.45, 2.75) is 19.9 Å². The zero-order valence-corrected chi connectivity index (χ0v) is 10.8. The zero-order chi connectivity index (χ0) is 13.5. The first kappa shape index (κ1) is 14.6. The van der Waals surface area contributed by atoms with Crippen molar-refractivity contribution < 1.29 is 9.18 Å². The van der Waals surface area contributed by atoms with Crippen molar-refractivity contribution in [3.63, 3.8) is 0 Å². The zero-order valence-electron chi connectivity index (χ0n) is 10.8. The smallest absolute Gasteiger partial charge is 0.238 e. The summed E-state index contributed by atoms with van der Waals surface area (Å²) >= 11 is 0. The van der Waals surface area contributed by atoms with E-state index >= 15 is 0 Å². The Morgan fingerprint density at radius 2 is 2.11 bits per heavy atom. The van der Waals surface area contributed by atoms with Crippen LogP contribution in [0.5, 0.6) is 0 Å². The highest BCUT2D eigenvalue weighted by Crippen LogP contribution is 2.12. The Bertz CT molecular complexity index is 396. The van der Waals surface area contributed by atoms with Gasteiger partial charge in [0.1, 0.15) is 5.82 Å². The van der Waals surface area contributed by atoms with Crippen LogP contribution in [0.3, 0.4) is 0 Å². The molecule has 1 rings (SSSR count). The molecule has 18 heavy (non-hydrogen) atoms. The van der Waals surface area contributed by atoms with E-state index < -0.39 is 5.82 Å². The molecule has 0 unspecified atom stereocenters. The molecule has 0 heterocycles. The summed E-state index contributed by atoms with van der Waals surface area (Å²) < 4.78 is 13.3. The molecule has 3 N–H and O–H groups in total. The van der Waals surface area contributed by atoms with Crippen molar-refractivity contribution in [3.8, 4) is 0 Å². The van der Waals surface area contributed by atoms with E-state index in [2.05, 4.69) is 5.32 Å². The molecule has 4 nitrogen and oxygen atoms in total. The highest BCUT2D eigenvalue weighted by Gasteiger charge is 2.14. The van der Waals surface area contributed by atoms with Gasteiger partial charge in [-0.05, 0) is 26.0 Å². The van der Waals surface area contributed by atoms with Crippen LogP contribution in [0.1, 0.15) is 13.8 Å². The molecule has 0 aliphatic rings. The molecule has 0 bridgehead atoms. The number of carbonyl (C=O) groups is 1. The average Bonchev–Trinajstić information content (AvgIpc) is 2.31. The van der Waals surface area contributed by atoms with Crippen LogP contribution in [0.4, 0.5) is 10.1 Å². The van der Waals surface area contributed by atoms with E-state index in [9.17, 15) is 9.18 Å². The lowest BCUT2D eigenvalue weighted by Crippen LogP contribution is -2.41. The van der Waals surface area contributed by atoms with Gasteiger partial charge in [0.2, 0.25) is 5.91 Å². The van der Waals surface area contributed by atoms with Crippen molar-refractivity contribution >= 4 is 11.6 Å². The lowest BCUT2D eigenvalue weighted by Gasteiger charge is -2.25. The van der Waals surface area contributed by atoms with Crippen molar-refractivity contribution in [1.29, 1.82) is 0 Å². The quantitative estimate of drug-likeness (QED) is 0.806. The third-order valence-electron chi connectivity index (χ3n) is 2.64. The Balaban J connectivity index is 2.58. The van der Waals surface area contributed by atoms with Gasteiger partial charge in [-0.2, -0.15) is 0 Å². The summed E-state index contributed by atoms with van der Waals surface area (Å²) in [5.41, 5.74) is 5.69. The maximum atomic E-state index is 13.3. The summed E-state index contributed by atoms with van der Waals surface area (Å²) in [6.45, 7) is 5.33. The number of hydrogen-bond acceptors (Lipinski definition) is 3. The van der Waals surface area contributed by atoms with Crippen LogP contribution in [0.25, 0.3) is 0 Å². The lowest BCUT2D eigenvalue weighted by molar-refractivity contribution is -0.117. The standard InChI is InChI=1S/C13H20FN3O/c1-10(2)17(8-7-15)9-13(18)16-12-6-4-3-5-11(12)14/h3-6,10H,7-9,15H2,1-2H3,(H,16,18). The van der Waals surface area contributed by atoms with Gasteiger partial charge in [-0.15, -0.1) is 0 Å². The van der Waals surface area contributed by atoms with Crippen LogP contribution in [0.15, 0.2) is 24.3 Å². The number of anilines is 1. The Labute approximate surface area is 107 Å². The number of nitrogens with zero attached hydrogens (tertiary/aromatic N) is 1.